The molecule has 0 radical (unpaired) electrons. The van der Waals surface area contributed by atoms with Crippen molar-refractivity contribution in [2.75, 3.05) is 4.90 Å². The van der Waals surface area contributed by atoms with Gasteiger partial charge in [0.05, 0.1) is 22.1 Å². The van der Waals surface area contributed by atoms with Gasteiger partial charge in [0, 0.05) is 55.4 Å². The van der Waals surface area contributed by atoms with E-state index in [0.717, 1.165) is 22.7 Å². The lowest BCUT2D eigenvalue weighted by molar-refractivity contribution is 1.17. The highest BCUT2D eigenvalue weighted by molar-refractivity contribution is 6.38. The standard InChI is InChI=1S/C46H29N3/c1-4-13-31(14-5-1)47(32-15-6-2-7-16-32)34-19-10-20-35(29-34)49-39-24-12-22-37-36-21-11-23-38-43(36)45-40(48(38)33-17-8-3-9-18-33)27-25-30-26-28-41(49)46(42(30)45)44(37)39/h1-29H. The van der Waals surface area contributed by atoms with Crippen molar-refractivity contribution in [2.24, 2.45) is 0 Å². The highest BCUT2D eigenvalue weighted by atomic mass is 15.1. The van der Waals surface area contributed by atoms with Gasteiger partial charge in [0.25, 0.3) is 0 Å². The van der Waals surface area contributed by atoms with E-state index < -0.39 is 0 Å². The number of benzene rings is 8. The van der Waals surface area contributed by atoms with Gasteiger partial charge in [0.2, 0.25) is 0 Å². The Morgan fingerprint density at radius 3 is 1.33 bits per heavy atom. The van der Waals surface area contributed by atoms with Crippen molar-refractivity contribution in [1.29, 1.82) is 0 Å². The Bertz CT molecular complexity index is 2880. The third kappa shape index (κ3) is 3.62. The molecule has 0 atom stereocenters. The first-order chi connectivity index (χ1) is 24.3. The van der Waals surface area contributed by atoms with Gasteiger partial charge in [-0.2, -0.15) is 0 Å². The van der Waals surface area contributed by atoms with Crippen molar-refractivity contribution in [3.05, 3.63) is 176 Å². The summed E-state index contributed by atoms with van der Waals surface area (Å²) in [4.78, 5) is 2.34. The molecule has 0 amide bonds. The van der Waals surface area contributed by atoms with Gasteiger partial charge in [-0.15, -0.1) is 0 Å². The molecule has 49 heavy (non-hydrogen) atoms. The predicted octanol–water partition coefficient (Wildman–Crippen LogP) is 12.5. The zero-order valence-electron chi connectivity index (χ0n) is 26.6. The van der Waals surface area contributed by atoms with Crippen LogP contribution in [0.4, 0.5) is 17.1 Å². The Balaban J connectivity index is 1.25. The van der Waals surface area contributed by atoms with Gasteiger partial charge in [-0.3, -0.25) is 0 Å². The van der Waals surface area contributed by atoms with Gasteiger partial charge in [0.15, 0.2) is 0 Å². The Labute approximate surface area is 283 Å². The molecule has 0 N–H and O–H groups in total. The first kappa shape index (κ1) is 26.5. The van der Waals surface area contributed by atoms with Crippen LogP contribution in [0, 0.1) is 0 Å². The lowest BCUT2D eigenvalue weighted by atomic mass is 9.98. The van der Waals surface area contributed by atoms with E-state index >= 15 is 0 Å². The molecule has 0 bridgehead atoms. The average Bonchev–Trinajstić information content (AvgIpc) is 3.65. The van der Waals surface area contributed by atoms with Crippen LogP contribution in [-0.4, -0.2) is 9.13 Å². The number of hydrogen-bond donors (Lipinski definition) is 0. The summed E-state index contributed by atoms with van der Waals surface area (Å²) >= 11 is 0. The van der Waals surface area contributed by atoms with Crippen LogP contribution >= 0.6 is 0 Å². The molecule has 228 valence electrons. The zero-order valence-corrected chi connectivity index (χ0v) is 26.6. The van der Waals surface area contributed by atoms with Crippen LogP contribution in [0.5, 0.6) is 0 Å². The van der Waals surface area contributed by atoms with Crippen LogP contribution < -0.4 is 4.90 Å². The fourth-order valence-corrected chi connectivity index (χ4v) is 8.47. The first-order valence-corrected chi connectivity index (χ1v) is 16.9. The Morgan fingerprint density at radius 1 is 0.306 bits per heavy atom. The average molecular weight is 624 g/mol. The number of fused-ring (bicyclic) bond motifs is 1. The highest BCUT2D eigenvalue weighted by Gasteiger charge is 2.27. The molecule has 3 heteroatoms. The summed E-state index contributed by atoms with van der Waals surface area (Å²) in [7, 11) is 0. The third-order valence-corrected chi connectivity index (χ3v) is 10.4. The summed E-state index contributed by atoms with van der Waals surface area (Å²) in [5.74, 6) is 0. The maximum absolute atomic E-state index is 2.48. The second-order valence-electron chi connectivity index (χ2n) is 12.9. The predicted molar refractivity (Wildman–Crippen MR) is 206 cm³/mol. The van der Waals surface area contributed by atoms with Gasteiger partial charge in [-0.1, -0.05) is 97.1 Å². The molecule has 11 rings (SSSR count). The largest absolute Gasteiger partial charge is 0.310 e. The molecule has 0 fully saturated rings. The molecule has 3 nitrogen and oxygen atoms in total. The summed E-state index contributed by atoms with van der Waals surface area (Å²) in [6.07, 6.45) is 0. The fraction of sp³-hybridized carbons (Fsp3) is 0. The van der Waals surface area contributed by atoms with E-state index in [0.29, 0.717) is 0 Å². The number of nitrogens with zero attached hydrogens (tertiary/aromatic N) is 3. The Morgan fingerprint density at radius 2 is 0.755 bits per heavy atom. The summed E-state index contributed by atoms with van der Waals surface area (Å²) in [5.41, 5.74) is 13.2. The van der Waals surface area contributed by atoms with Crippen molar-refractivity contribution in [1.82, 2.24) is 9.13 Å². The molecule has 0 unspecified atom stereocenters. The lowest BCUT2D eigenvalue weighted by Crippen LogP contribution is -2.10. The van der Waals surface area contributed by atoms with Gasteiger partial charge < -0.3 is 14.0 Å². The molecular formula is C46H29N3. The second-order valence-corrected chi connectivity index (χ2v) is 12.9. The monoisotopic (exact) mass is 623 g/mol. The van der Waals surface area contributed by atoms with Crippen molar-refractivity contribution in [3.63, 3.8) is 0 Å². The van der Waals surface area contributed by atoms with Gasteiger partial charge >= 0.3 is 0 Å². The van der Waals surface area contributed by atoms with Gasteiger partial charge in [-0.05, 0) is 95.4 Å². The number of hydrogen-bond acceptors (Lipinski definition) is 1. The maximum atomic E-state index is 2.48. The minimum atomic E-state index is 1.11. The molecule has 1 aliphatic carbocycles. The van der Waals surface area contributed by atoms with E-state index in [1.54, 1.807) is 0 Å². The van der Waals surface area contributed by atoms with Crippen LogP contribution in [0.2, 0.25) is 0 Å². The van der Waals surface area contributed by atoms with E-state index in [9.17, 15) is 0 Å². The minimum Gasteiger partial charge on any atom is -0.310 e. The minimum absolute atomic E-state index is 1.11. The summed E-state index contributed by atoms with van der Waals surface area (Å²) in [5, 5.41) is 7.91. The Kier molecular flexibility index (Phi) is 5.38. The number of anilines is 3. The first-order valence-electron chi connectivity index (χ1n) is 16.9. The quantitative estimate of drug-likeness (QED) is 0.186. The molecule has 0 saturated heterocycles. The molecule has 2 aromatic heterocycles. The van der Waals surface area contributed by atoms with Crippen LogP contribution in [0.1, 0.15) is 0 Å². The molecule has 0 aliphatic heterocycles. The summed E-state index contributed by atoms with van der Waals surface area (Å²) < 4.78 is 4.92. The molecule has 0 saturated carbocycles. The van der Waals surface area contributed by atoms with Crippen LogP contribution in [0.3, 0.4) is 0 Å². The van der Waals surface area contributed by atoms with Crippen LogP contribution in [0.15, 0.2) is 176 Å². The molecule has 2 heterocycles. The summed E-state index contributed by atoms with van der Waals surface area (Å²) in [6.45, 7) is 0. The van der Waals surface area contributed by atoms with Crippen molar-refractivity contribution < 1.29 is 0 Å². The fourth-order valence-electron chi connectivity index (χ4n) is 8.47. The van der Waals surface area contributed by atoms with E-state index in [4.69, 9.17) is 0 Å². The van der Waals surface area contributed by atoms with Crippen molar-refractivity contribution in [2.45, 2.75) is 0 Å². The molecule has 8 aromatic carbocycles. The van der Waals surface area contributed by atoms with E-state index in [1.165, 1.54) is 71.2 Å². The van der Waals surface area contributed by atoms with Crippen LogP contribution in [0.25, 0.3) is 76.9 Å². The zero-order chi connectivity index (χ0) is 32.1. The second kappa shape index (κ2) is 9.96. The van der Waals surface area contributed by atoms with Gasteiger partial charge in [0.1, 0.15) is 0 Å². The topological polar surface area (TPSA) is 13.1 Å². The van der Waals surface area contributed by atoms with Crippen molar-refractivity contribution in [3.8, 4) is 22.5 Å². The van der Waals surface area contributed by atoms with Gasteiger partial charge in [-0.25, -0.2) is 0 Å². The SMILES string of the molecule is c1ccc(N(c2ccccc2)c2cccc(-n3c4cccc5c4c4c6c(ccc7c6c6c-5cccc6n7-c5ccccc5)ccc43)c2)cc1. The molecular weight excluding hydrogens is 595 g/mol. The lowest BCUT2D eigenvalue weighted by Gasteiger charge is -2.26. The van der Waals surface area contributed by atoms with E-state index in [-0.39, 0.29) is 0 Å². The number of aromatic nitrogens is 2. The highest BCUT2D eigenvalue weighted by Crippen LogP contribution is 2.51. The third-order valence-electron chi connectivity index (χ3n) is 10.4. The van der Waals surface area contributed by atoms with Crippen molar-refractivity contribution >= 4 is 71.4 Å². The summed E-state index contributed by atoms with van der Waals surface area (Å²) in [6, 6.07) is 64.0. The number of para-hydroxylation sites is 3. The molecule has 1 aliphatic rings. The molecule has 0 spiro atoms. The maximum Gasteiger partial charge on any atom is 0.0548 e. The number of rotatable bonds is 5. The smallest absolute Gasteiger partial charge is 0.0548 e. The normalized spacial score (nSPS) is 12.1. The van der Waals surface area contributed by atoms with E-state index in [2.05, 4.69) is 190 Å². The Hall–Kier alpha value is -6.58. The van der Waals surface area contributed by atoms with Crippen LogP contribution in [-0.2, 0) is 0 Å². The molecule has 10 aromatic rings. The van der Waals surface area contributed by atoms with E-state index in [1.807, 2.05) is 0 Å².